The Bertz CT molecular complexity index is 775. The van der Waals surface area contributed by atoms with Crippen molar-refractivity contribution < 1.29 is 14.0 Å². The third-order valence-electron chi connectivity index (χ3n) is 4.79. The number of carbonyl (C=O) groups excluding carboxylic acids is 2. The van der Waals surface area contributed by atoms with E-state index in [1.165, 1.54) is 43.2 Å². The van der Waals surface area contributed by atoms with Crippen molar-refractivity contribution in [3.63, 3.8) is 0 Å². The fourth-order valence-electron chi connectivity index (χ4n) is 3.25. The maximum Gasteiger partial charge on any atom is 0.240 e. The molecule has 2 aliphatic rings. The van der Waals surface area contributed by atoms with Crippen LogP contribution >= 0.6 is 11.8 Å². The first-order valence-electron chi connectivity index (χ1n) is 9.17. The molecule has 0 radical (unpaired) electrons. The van der Waals surface area contributed by atoms with Crippen LogP contribution in [0.2, 0.25) is 0 Å². The van der Waals surface area contributed by atoms with E-state index in [1.54, 1.807) is 12.1 Å². The topological polar surface area (TPSA) is 82.9 Å². The van der Waals surface area contributed by atoms with Gasteiger partial charge in [0, 0.05) is 12.1 Å². The Labute approximate surface area is 162 Å². The third-order valence-corrected chi connectivity index (χ3v) is 5.86. The monoisotopic (exact) mass is 390 g/mol. The Hall–Kier alpha value is -2.22. The number of nitrogens with one attached hydrogen (secondary N) is 2. The molecule has 27 heavy (non-hydrogen) atoms. The van der Waals surface area contributed by atoms with Gasteiger partial charge in [-0.2, -0.15) is 5.10 Å². The minimum Gasteiger partial charge on any atom is -0.324 e. The third kappa shape index (κ3) is 5.38. The molecular weight excluding hydrogens is 367 g/mol. The smallest absolute Gasteiger partial charge is 0.240 e. The van der Waals surface area contributed by atoms with Crippen molar-refractivity contribution in [2.45, 2.75) is 50.7 Å². The molecule has 2 fully saturated rings. The molecule has 1 atom stereocenters. The molecule has 1 aromatic carbocycles. The molecule has 1 saturated carbocycles. The molecule has 0 bridgehead atoms. The number of carbonyl (C=O) groups is 2. The highest BCUT2D eigenvalue weighted by Crippen LogP contribution is 2.26. The van der Waals surface area contributed by atoms with Gasteiger partial charge >= 0.3 is 0 Å². The number of hydrogen-bond donors (Lipinski definition) is 2. The molecule has 8 heteroatoms. The van der Waals surface area contributed by atoms with Gasteiger partial charge in [0.2, 0.25) is 11.8 Å². The van der Waals surface area contributed by atoms with Gasteiger partial charge in [0.1, 0.15) is 11.1 Å². The molecule has 2 amide bonds. The van der Waals surface area contributed by atoms with E-state index >= 15 is 0 Å². The largest absolute Gasteiger partial charge is 0.324 e. The molecule has 1 aromatic rings. The van der Waals surface area contributed by atoms with Gasteiger partial charge in [-0.15, -0.1) is 5.10 Å². The van der Waals surface area contributed by atoms with Gasteiger partial charge in [-0.3, -0.25) is 9.59 Å². The number of para-hydroxylation sites is 1. The molecule has 1 unspecified atom stereocenters. The van der Waals surface area contributed by atoms with Crippen molar-refractivity contribution in [3.05, 3.63) is 30.1 Å². The van der Waals surface area contributed by atoms with E-state index in [-0.39, 0.29) is 18.0 Å². The summed E-state index contributed by atoms with van der Waals surface area (Å²) < 4.78 is 13.6. The lowest BCUT2D eigenvalue weighted by atomic mass is 9.86. The van der Waals surface area contributed by atoms with Crippen LogP contribution in [0.3, 0.4) is 0 Å². The van der Waals surface area contributed by atoms with Gasteiger partial charge < -0.3 is 10.6 Å². The lowest BCUT2D eigenvalue weighted by Crippen LogP contribution is -2.28. The normalized spacial score (nSPS) is 22.7. The van der Waals surface area contributed by atoms with E-state index in [4.69, 9.17) is 0 Å². The predicted molar refractivity (Wildman–Crippen MR) is 106 cm³/mol. The highest BCUT2D eigenvalue weighted by Gasteiger charge is 2.32. The number of benzene rings is 1. The fourth-order valence-corrected chi connectivity index (χ4v) is 4.16. The summed E-state index contributed by atoms with van der Waals surface area (Å²) in [6, 6.07) is 5.92. The molecule has 0 spiro atoms. The van der Waals surface area contributed by atoms with E-state index in [0.29, 0.717) is 11.1 Å². The molecule has 1 aliphatic carbocycles. The average molecular weight is 390 g/mol. The number of rotatable bonds is 5. The Kier molecular flexibility index (Phi) is 6.60. The second kappa shape index (κ2) is 9.12. The summed E-state index contributed by atoms with van der Waals surface area (Å²) >= 11 is 1.18. The zero-order valence-electron chi connectivity index (χ0n) is 15.2. The summed E-state index contributed by atoms with van der Waals surface area (Å²) in [5.41, 5.74) is 1.09. The van der Waals surface area contributed by atoms with Crippen LogP contribution < -0.4 is 10.6 Å². The summed E-state index contributed by atoms with van der Waals surface area (Å²) in [6.07, 6.45) is 5.94. The average Bonchev–Trinajstić information content (AvgIpc) is 3.01. The molecule has 1 heterocycles. The summed E-state index contributed by atoms with van der Waals surface area (Å²) in [7, 11) is 0. The van der Waals surface area contributed by atoms with Crippen molar-refractivity contribution in [1.29, 1.82) is 0 Å². The quantitative estimate of drug-likeness (QED) is 0.594. The van der Waals surface area contributed by atoms with E-state index in [0.717, 1.165) is 18.6 Å². The Balaban J connectivity index is 1.55. The summed E-state index contributed by atoms with van der Waals surface area (Å²) in [4.78, 5) is 24.2. The van der Waals surface area contributed by atoms with Crippen LogP contribution in [0.5, 0.6) is 0 Å². The Morgan fingerprint density at radius 1 is 1.30 bits per heavy atom. The summed E-state index contributed by atoms with van der Waals surface area (Å²) in [5.74, 6) is -0.749. The molecule has 6 nitrogen and oxygen atoms in total. The molecule has 2 N–H and O–H groups in total. The number of halogens is 1. The molecule has 1 saturated heterocycles. The number of amides is 2. The van der Waals surface area contributed by atoms with Crippen LogP contribution in [0, 0.1) is 11.7 Å². The van der Waals surface area contributed by atoms with Gasteiger partial charge in [-0.25, -0.2) is 4.39 Å². The number of amidine groups is 1. The first-order chi connectivity index (χ1) is 13.0. The number of anilines is 1. The zero-order chi connectivity index (χ0) is 19.2. The van der Waals surface area contributed by atoms with Crippen LogP contribution in [0.1, 0.15) is 45.4 Å². The second-order valence-electron chi connectivity index (χ2n) is 6.81. The highest BCUT2D eigenvalue weighted by atomic mass is 32.2. The van der Waals surface area contributed by atoms with Gasteiger partial charge in [-0.05, 0) is 37.8 Å². The van der Waals surface area contributed by atoms with Gasteiger partial charge in [0.15, 0.2) is 5.17 Å². The molecule has 0 aromatic heterocycles. The van der Waals surface area contributed by atoms with Crippen LogP contribution in [0.15, 0.2) is 34.5 Å². The maximum atomic E-state index is 13.6. The minimum absolute atomic E-state index is 0.0603. The summed E-state index contributed by atoms with van der Waals surface area (Å²) in [6.45, 7) is 1.97. The van der Waals surface area contributed by atoms with Gasteiger partial charge in [-0.1, -0.05) is 43.2 Å². The van der Waals surface area contributed by atoms with Crippen molar-refractivity contribution in [2.24, 2.45) is 16.1 Å². The lowest BCUT2D eigenvalue weighted by molar-refractivity contribution is -0.122. The first kappa shape index (κ1) is 19.5. The minimum atomic E-state index is -0.597. The highest BCUT2D eigenvalue weighted by molar-refractivity contribution is 8.15. The SMILES string of the molecule is CC(=N/N=C1\NC(=O)C(CC(=O)Nc2ccccc2F)S1)C1CCCCC1. The van der Waals surface area contributed by atoms with Crippen molar-refractivity contribution in [3.8, 4) is 0 Å². The van der Waals surface area contributed by atoms with Crippen LogP contribution in [-0.4, -0.2) is 27.9 Å². The lowest BCUT2D eigenvalue weighted by Gasteiger charge is -2.20. The fraction of sp³-hybridized carbons (Fsp3) is 0.474. The standard InChI is InChI=1S/C19H23FN4O2S/c1-12(13-7-3-2-4-8-13)23-24-19-22-18(26)16(27-19)11-17(25)21-15-10-6-5-9-14(15)20/h5-6,9-10,13,16H,2-4,7-8,11H2,1H3,(H,21,25)(H,22,24,26). The first-order valence-corrected chi connectivity index (χ1v) is 10.0. The molecular formula is C19H23FN4O2S. The zero-order valence-corrected chi connectivity index (χ0v) is 16.0. The number of nitrogens with zero attached hydrogens (tertiary/aromatic N) is 2. The van der Waals surface area contributed by atoms with E-state index in [2.05, 4.69) is 20.8 Å². The Morgan fingerprint density at radius 3 is 2.78 bits per heavy atom. The van der Waals surface area contributed by atoms with E-state index in [9.17, 15) is 14.0 Å². The van der Waals surface area contributed by atoms with Crippen molar-refractivity contribution >= 4 is 40.1 Å². The maximum absolute atomic E-state index is 13.6. The second-order valence-corrected chi connectivity index (χ2v) is 8.00. The molecule has 3 rings (SSSR count). The van der Waals surface area contributed by atoms with Crippen LogP contribution in [0.4, 0.5) is 10.1 Å². The van der Waals surface area contributed by atoms with Crippen LogP contribution in [-0.2, 0) is 9.59 Å². The van der Waals surface area contributed by atoms with Crippen LogP contribution in [0.25, 0.3) is 0 Å². The van der Waals surface area contributed by atoms with Gasteiger partial charge in [0.05, 0.1) is 5.69 Å². The predicted octanol–water partition coefficient (Wildman–Crippen LogP) is 3.70. The van der Waals surface area contributed by atoms with E-state index < -0.39 is 17.0 Å². The van der Waals surface area contributed by atoms with E-state index in [1.807, 2.05) is 6.92 Å². The van der Waals surface area contributed by atoms with Gasteiger partial charge in [0.25, 0.3) is 0 Å². The molecule has 144 valence electrons. The van der Waals surface area contributed by atoms with Crippen molar-refractivity contribution in [2.75, 3.05) is 5.32 Å². The Morgan fingerprint density at radius 2 is 2.04 bits per heavy atom. The molecule has 1 aliphatic heterocycles. The summed E-state index contributed by atoms with van der Waals surface area (Å²) in [5, 5.41) is 13.4. The number of thioether (sulfide) groups is 1. The number of hydrogen-bond acceptors (Lipinski definition) is 5. The van der Waals surface area contributed by atoms with Crippen molar-refractivity contribution in [1.82, 2.24) is 5.32 Å².